The molecular formula is C14H21NO3. The molecule has 0 radical (unpaired) electrons. The van der Waals surface area contributed by atoms with Crippen LogP contribution in [-0.2, 0) is 0 Å². The van der Waals surface area contributed by atoms with Gasteiger partial charge in [0.2, 0.25) is 0 Å². The molecule has 0 saturated heterocycles. The number of benzene rings is 1. The number of carbonyl (C=O) groups is 1. The Balaban J connectivity index is 2.66. The molecule has 4 nitrogen and oxygen atoms in total. The van der Waals surface area contributed by atoms with E-state index in [0.29, 0.717) is 12.5 Å². The van der Waals surface area contributed by atoms with E-state index in [-0.39, 0.29) is 28.4 Å². The summed E-state index contributed by atoms with van der Waals surface area (Å²) in [6.45, 7) is 8.97. The predicted molar refractivity (Wildman–Crippen MR) is 70.7 cm³/mol. The number of nitrogens with one attached hydrogen (secondary N) is 1. The minimum atomic E-state index is -0.294. The highest BCUT2D eigenvalue weighted by Gasteiger charge is 2.20. The largest absolute Gasteiger partial charge is 0.508 e. The first-order valence-corrected chi connectivity index (χ1v) is 6.01. The van der Waals surface area contributed by atoms with E-state index in [1.807, 2.05) is 0 Å². The summed E-state index contributed by atoms with van der Waals surface area (Å²) in [5.74, 6) is -0.210. The zero-order chi connectivity index (χ0) is 13.9. The maximum absolute atomic E-state index is 11.8. The lowest BCUT2D eigenvalue weighted by Gasteiger charge is -2.27. The molecule has 1 aromatic carbocycles. The summed E-state index contributed by atoms with van der Waals surface area (Å²) in [6.07, 6.45) is 0. The van der Waals surface area contributed by atoms with E-state index in [4.69, 9.17) is 0 Å². The van der Waals surface area contributed by atoms with Crippen LogP contribution >= 0.6 is 0 Å². The van der Waals surface area contributed by atoms with Gasteiger partial charge in [0.25, 0.3) is 5.91 Å². The lowest BCUT2D eigenvalue weighted by molar-refractivity contribution is 0.0936. The first-order valence-electron chi connectivity index (χ1n) is 6.01. The first kappa shape index (κ1) is 14.4. The number of rotatable bonds is 3. The van der Waals surface area contributed by atoms with Crippen molar-refractivity contribution in [3.8, 4) is 11.5 Å². The Morgan fingerprint density at radius 1 is 1.22 bits per heavy atom. The van der Waals surface area contributed by atoms with Crippen LogP contribution in [0.25, 0.3) is 0 Å². The third kappa shape index (κ3) is 3.95. The van der Waals surface area contributed by atoms with Gasteiger partial charge in [0.15, 0.2) is 0 Å². The highest BCUT2D eigenvalue weighted by Crippen LogP contribution is 2.25. The number of amides is 1. The maximum Gasteiger partial charge on any atom is 0.251 e. The minimum absolute atomic E-state index is 0.119. The number of carbonyl (C=O) groups excluding carboxylic acids is 1. The van der Waals surface area contributed by atoms with Gasteiger partial charge in [-0.2, -0.15) is 0 Å². The van der Waals surface area contributed by atoms with Gasteiger partial charge in [-0.05, 0) is 23.5 Å². The topological polar surface area (TPSA) is 69.6 Å². The van der Waals surface area contributed by atoms with Gasteiger partial charge in [-0.3, -0.25) is 4.79 Å². The van der Waals surface area contributed by atoms with E-state index in [2.05, 4.69) is 33.0 Å². The normalized spacial score (nSPS) is 13.1. The second-order valence-electron chi connectivity index (χ2n) is 5.72. The van der Waals surface area contributed by atoms with Crippen molar-refractivity contribution in [3.05, 3.63) is 23.8 Å². The third-order valence-corrected chi connectivity index (χ3v) is 3.21. The van der Waals surface area contributed by atoms with Gasteiger partial charge in [0.05, 0.1) is 0 Å². The summed E-state index contributed by atoms with van der Waals surface area (Å²) < 4.78 is 0. The van der Waals surface area contributed by atoms with Gasteiger partial charge in [-0.1, -0.05) is 27.7 Å². The van der Waals surface area contributed by atoms with E-state index in [0.717, 1.165) is 0 Å². The molecule has 0 aliphatic heterocycles. The Kier molecular flexibility index (Phi) is 4.22. The van der Waals surface area contributed by atoms with Crippen LogP contribution < -0.4 is 5.32 Å². The van der Waals surface area contributed by atoms with E-state index in [9.17, 15) is 15.0 Å². The zero-order valence-electron chi connectivity index (χ0n) is 11.3. The molecule has 0 aliphatic rings. The minimum Gasteiger partial charge on any atom is -0.508 e. The summed E-state index contributed by atoms with van der Waals surface area (Å²) in [6, 6.07) is 3.85. The lowest BCUT2D eigenvalue weighted by atomic mass is 9.82. The van der Waals surface area contributed by atoms with Gasteiger partial charge in [-0.25, -0.2) is 0 Å². The molecule has 0 fully saturated rings. The monoisotopic (exact) mass is 251 g/mol. The summed E-state index contributed by atoms with van der Waals surface area (Å²) in [5.41, 5.74) is 0.377. The van der Waals surface area contributed by atoms with Crippen molar-refractivity contribution in [2.24, 2.45) is 11.3 Å². The van der Waals surface area contributed by atoms with Gasteiger partial charge in [-0.15, -0.1) is 0 Å². The number of aromatic hydroxyl groups is 2. The van der Waals surface area contributed by atoms with Crippen LogP contribution in [0.1, 0.15) is 38.1 Å². The van der Waals surface area contributed by atoms with E-state index in [1.165, 1.54) is 18.2 Å². The summed E-state index contributed by atoms with van der Waals surface area (Å²) in [7, 11) is 0. The van der Waals surface area contributed by atoms with Crippen LogP contribution in [0.5, 0.6) is 11.5 Å². The van der Waals surface area contributed by atoms with Crippen LogP contribution in [0, 0.1) is 11.3 Å². The molecule has 1 amide bonds. The van der Waals surface area contributed by atoms with Crippen LogP contribution in [0.3, 0.4) is 0 Å². The van der Waals surface area contributed by atoms with Crippen molar-refractivity contribution in [1.29, 1.82) is 0 Å². The molecule has 1 aromatic rings. The van der Waals surface area contributed by atoms with E-state index in [1.54, 1.807) is 0 Å². The SMILES string of the molecule is CC(CNC(=O)c1cc(O)cc(O)c1)C(C)(C)C. The Morgan fingerprint density at radius 2 is 1.72 bits per heavy atom. The van der Waals surface area contributed by atoms with Crippen molar-refractivity contribution in [1.82, 2.24) is 5.32 Å². The second-order valence-corrected chi connectivity index (χ2v) is 5.72. The second kappa shape index (κ2) is 5.29. The van der Waals surface area contributed by atoms with Crippen molar-refractivity contribution >= 4 is 5.91 Å². The number of hydrogen-bond acceptors (Lipinski definition) is 3. The molecular weight excluding hydrogens is 230 g/mol. The molecule has 1 atom stereocenters. The molecule has 4 heteroatoms. The predicted octanol–water partition coefficient (Wildman–Crippen LogP) is 2.51. The van der Waals surface area contributed by atoms with Crippen LogP contribution in [0.15, 0.2) is 18.2 Å². The molecule has 1 unspecified atom stereocenters. The molecule has 0 aromatic heterocycles. The molecule has 0 spiro atoms. The van der Waals surface area contributed by atoms with Gasteiger partial charge < -0.3 is 15.5 Å². The lowest BCUT2D eigenvalue weighted by Crippen LogP contribution is -2.33. The Morgan fingerprint density at radius 3 is 2.17 bits per heavy atom. The smallest absolute Gasteiger partial charge is 0.251 e. The highest BCUT2D eigenvalue weighted by molar-refractivity contribution is 5.95. The fraction of sp³-hybridized carbons (Fsp3) is 0.500. The average molecular weight is 251 g/mol. The molecule has 0 heterocycles. The standard InChI is InChI=1S/C14H21NO3/c1-9(14(2,3)4)8-15-13(18)10-5-11(16)7-12(17)6-10/h5-7,9,16-17H,8H2,1-4H3,(H,15,18). The molecule has 0 bridgehead atoms. The fourth-order valence-corrected chi connectivity index (χ4v) is 1.38. The Labute approximate surface area is 108 Å². The van der Waals surface area contributed by atoms with Crippen LogP contribution in [0.2, 0.25) is 0 Å². The van der Waals surface area contributed by atoms with E-state index >= 15 is 0 Å². The zero-order valence-corrected chi connectivity index (χ0v) is 11.3. The van der Waals surface area contributed by atoms with Crippen molar-refractivity contribution in [2.75, 3.05) is 6.54 Å². The number of phenols is 2. The quantitative estimate of drug-likeness (QED) is 0.773. The van der Waals surface area contributed by atoms with Gasteiger partial charge >= 0.3 is 0 Å². The molecule has 1 rings (SSSR count). The number of phenolic OH excluding ortho intramolecular Hbond substituents is 2. The van der Waals surface area contributed by atoms with Crippen molar-refractivity contribution < 1.29 is 15.0 Å². The summed E-state index contributed by atoms with van der Waals surface area (Å²) in [5, 5.41) is 21.4. The Hall–Kier alpha value is -1.71. The first-order chi connectivity index (χ1) is 8.20. The Bertz CT molecular complexity index is 415. The highest BCUT2D eigenvalue weighted by atomic mass is 16.3. The van der Waals surface area contributed by atoms with Crippen molar-refractivity contribution in [2.45, 2.75) is 27.7 Å². The maximum atomic E-state index is 11.8. The molecule has 18 heavy (non-hydrogen) atoms. The number of hydrogen-bond donors (Lipinski definition) is 3. The fourth-order valence-electron chi connectivity index (χ4n) is 1.38. The van der Waals surface area contributed by atoms with Crippen molar-refractivity contribution in [3.63, 3.8) is 0 Å². The molecule has 100 valence electrons. The summed E-state index contributed by atoms with van der Waals surface area (Å²) in [4.78, 5) is 11.8. The van der Waals surface area contributed by atoms with Crippen LogP contribution in [0.4, 0.5) is 0 Å². The van der Waals surface area contributed by atoms with Crippen LogP contribution in [-0.4, -0.2) is 22.7 Å². The third-order valence-electron chi connectivity index (χ3n) is 3.21. The van der Waals surface area contributed by atoms with Gasteiger partial charge in [0.1, 0.15) is 11.5 Å². The van der Waals surface area contributed by atoms with Gasteiger partial charge in [0, 0.05) is 18.2 Å². The summed E-state index contributed by atoms with van der Waals surface area (Å²) >= 11 is 0. The molecule has 0 aliphatic carbocycles. The molecule has 3 N–H and O–H groups in total. The molecule has 0 saturated carbocycles. The van der Waals surface area contributed by atoms with E-state index < -0.39 is 0 Å². The average Bonchev–Trinajstić information content (AvgIpc) is 2.22.